The lowest BCUT2D eigenvalue weighted by Crippen LogP contribution is -2.28. The smallest absolute Gasteiger partial charge is 0.150 e. The normalized spacial score (nSPS) is 13.7. The van der Waals surface area contributed by atoms with E-state index in [2.05, 4.69) is 51.5 Å². The maximum atomic E-state index is 10.4. The first-order chi connectivity index (χ1) is 14.9. The Bertz CT molecular complexity index is 1410. The zero-order valence-electron chi connectivity index (χ0n) is 17.5. The van der Waals surface area contributed by atoms with Crippen LogP contribution in [0.25, 0.3) is 31.8 Å². The quantitative estimate of drug-likeness (QED) is 0.329. The van der Waals surface area contributed by atoms with Crippen molar-refractivity contribution in [3.05, 3.63) is 60.2 Å². The van der Waals surface area contributed by atoms with E-state index >= 15 is 0 Å². The third-order valence-corrected chi connectivity index (χ3v) is 6.67. The molecule has 7 nitrogen and oxygen atoms in total. The standard InChI is InChI=1S/C23H23N5O2S/c1-13-8-14-9-15(4-5-16(14)26-13)27-17-6-7-24-18-10-19(31-21(17)18)22-25-11-20(28(22)3)23(2,30)12-29/h4-11,26,29-30H,12H2,1-3H3,(H,24,27). The number of rotatable bonds is 5. The molecule has 0 fully saturated rings. The average Bonchev–Trinajstić information content (AvgIpc) is 3.43. The number of aromatic nitrogens is 4. The summed E-state index contributed by atoms with van der Waals surface area (Å²) in [5, 5.41) is 24.6. The molecule has 0 radical (unpaired) electrons. The molecule has 1 atom stereocenters. The number of aliphatic hydroxyl groups excluding tert-OH is 1. The zero-order chi connectivity index (χ0) is 21.8. The monoisotopic (exact) mass is 433 g/mol. The van der Waals surface area contributed by atoms with Gasteiger partial charge in [-0.2, -0.15) is 0 Å². The van der Waals surface area contributed by atoms with Crippen molar-refractivity contribution in [2.24, 2.45) is 7.05 Å². The fourth-order valence-corrected chi connectivity index (χ4v) is 4.99. The van der Waals surface area contributed by atoms with E-state index in [4.69, 9.17) is 0 Å². The molecule has 5 rings (SSSR count). The summed E-state index contributed by atoms with van der Waals surface area (Å²) < 4.78 is 2.84. The lowest BCUT2D eigenvalue weighted by atomic mass is 10.1. The number of hydrogen-bond acceptors (Lipinski definition) is 6. The minimum absolute atomic E-state index is 0.376. The van der Waals surface area contributed by atoms with Crippen molar-refractivity contribution in [3.63, 3.8) is 0 Å². The molecule has 8 heteroatoms. The number of nitrogens with zero attached hydrogens (tertiary/aromatic N) is 3. The van der Waals surface area contributed by atoms with Gasteiger partial charge in [-0.15, -0.1) is 11.3 Å². The number of anilines is 2. The first kappa shape index (κ1) is 19.7. The summed E-state index contributed by atoms with van der Waals surface area (Å²) in [6.45, 7) is 3.25. The van der Waals surface area contributed by atoms with Gasteiger partial charge in [0.2, 0.25) is 0 Å². The molecule has 0 saturated carbocycles. The van der Waals surface area contributed by atoms with Crippen LogP contribution < -0.4 is 5.32 Å². The molecular formula is C23H23N5O2S. The summed E-state index contributed by atoms with van der Waals surface area (Å²) in [5.74, 6) is 0.724. The number of fused-ring (bicyclic) bond motifs is 2. The molecule has 0 spiro atoms. The molecule has 1 unspecified atom stereocenters. The van der Waals surface area contributed by atoms with Crippen LogP contribution in [0.15, 0.2) is 48.8 Å². The lowest BCUT2D eigenvalue weighted by molar-refractivity contribution is -0.00796. The summed E-state index contributed by atoms with van der Waals surface area (Å²) in [4.78, 5) is 13.3. The number of aryl methyl sites for hydroxylation is 1. The Morgan fingerprint density at radius 1 is 1.19 bits per heavy atom. The highest BCUT2D eigenvalue weighted by Gasteiger charge is 2.27. The van der Waals surface area contributed by atoms with E-state index in [-0.39, 0.29) is 6.61 Å². The Balaban J connectivity index is 1.53. The third kappa shape index (κ3) is 3.38. The second-order valence-electron chi connectivity index (χ2n) is 8.02. The SMILES string of the molecule is Cc1cc2cc(Nc3ccnc4cc(-c5ncc(C(C)(O)CO)n5C)sc34)ccc2[nH]1. The van der Waals surface area contributed by atoms with Crippen molar-refractivity contribution >= 4 is 43.8 Å². The van der Waals surface area contributed by atoms with Crippen LogP contribution in [0.2, 0.25) is 0 Å². The van der Waals surface area contributed by atoms with Crippen LogP contribution >= 0.6 is 11.3 Å². The topological polar surface area (TPSA) is 99.0 Å². The number of hydrogen-bond donors (Lipinski definition) is 4. The van der Waals surface area contributed by atoms with Crippen LogP contribution in [-0.4, -0.2) is 36.3 Å². The van der Waals surface area contributed by atoms with Gasteiger partial charge in [-0.3, -0.25) is 4.98 Å². The van der Waals surface area contributed by atoms with Gasteiger partial charge >= 0.3 is 0 Å². The molecule has 31 heavy (non-hydrogen) atoms. The van der Waals surface area contributed by atoms with Gasteiger partial charge in [-0.05, 0) is 50.2 Å². The van der Waals surface area contributed by atoms with Gasteiger partial charge in [-0.25, -0.2) is 4.98 Å². The number of nitrogens with one attached hydrogen (secondary N) is 2. The highest BCUT2D eigenvalue weighted by Crippen LogP contribution is 2.38. The van der Waals surface area contributed by atoms with Gasteiger partial charge in [0, 0.05) is 35.5 Å². The van der Waals surface area contributed by atoms with E-state index in [1.165, 1.54) is 0 Å². The predicted octanol–water partition coefficient (Wildman–Crippen LogP) is 4.43. The largest absolute Gasteiger partial charge is 0.393 e. The van der Waals surface area contributed by atoms with Crippen molar-refractivity contribution in [1.82, 2.24) is 19.5 Å². The first-order valence-electron chi connectivity index (χ1n) is 9.96. The summed E-state index contributed by atoms with van der Waals surface area (Å²) in [6.07, 6.45) is 3.40. The second kappa shape index (κ2) is 7.19. The number of aromatic amines is 1. The van der Waals surface area contributed by atoms with Crippen molar-refractivity contribution in [1.29, 1.82) is 0 Å². The summed E-state index contributed by atoms with van der Waals surface area (Å²) >= 11 is 1.59. The third-order valence-electron chi connectivity index (χ3n) is 5.51. The van der Waals surface area contributed by atoms with Crippen LogP contribution in [0.4, 0.5) is 11.4 Å². The predicted molar refractivity (Wildman–Crippen MR) is 125 cm³/mol. The summed E-state index contributed by atoms with van der Waals surface area (Å²) in [6, 6.07) is 12.4. The lowest BCUT2D eigenvalue weighted by Gasteiger charge is -2.20. The zero-order valence-corrected chi connectivity index (χ0v) is 18.3. The fourth-order valence-electron chi connectivity index (χ4n) is 3.88. The fraction of sp³-hybridized carbons (Fsp3) is 0.217. The van der Waals surface area contributed by atoms with E-state index in [1.54, 1.807) is 30.7 Å². The summed E-state index contributed by atoms with van der Waals surface area (Å²) in [7, 11) is 1.84. The number of imidazole rings is 1. The van der Waals surface area contributed by atoms with Gasteiger partial charge in [0.1, 0.15) is 11.4 Å². The molecule has 5 aromatic rings. The number of thiophene rings is 1. The molecule has 0 aliphatic rings. The van der Waals surface area contributed by atoms with Gasteiger partial charge < -0.3 is 25.1 Å². The van der Waals surface area contributed by atoms with Crippen molar-refractivity contribution < 1.29 is 10.2 Å². The van der Waals surface area contributed by atoms with Gasteiger partial charge in [0.05, 0.1) is 39.3 Å². The highest BCUT2D eigenvalue weighted by atomic mass is 32.1. The van der Waals surface area contributed by atoms with E-state index in [9.17, 15) is 10.2 Å². The first-order valence-corrected chi connectivity index (χ1v) is 10.8. The van der Waals surface area contributed by atoms with Gasteiger partial charge in [0.15, 0.2) is 0 Å². The van der Waals surface area contributed by atoms with Crippen LogP contribution in [0.3, 0.4) is 0 Å². The minimum atomic E-state index is -1.35. The number of aliphatic hydroxyl groups is 2. The Morgan fingerprint density at radius 2 is 2.03 bits per heavy atom. The molecule has 4 aromatic heterocycles. The maximum Gasteiger partial charge on any atom is 0.150 e. The van der Waals surface area contributed by atoms with E-state index in [0.29, 0.717) is 5.69 Å². The van der Waals surface area contributed by atoms with Crippen molar-refractivity contribution in [3.8, 4) is 10.7 Å². The molecule has 4 N–H and O–H groups in total. The van der Waals surface area contributed by atoms with Gasteiger partial charge in [0.25, 0.3) is 0 Å². The molecule has 0 saturated heterocycles. The Hall–Kier alpha value is -3.20. The van der Waals surface area contributed by atoms with E-state index in [1.807, 2.05) is 23.7 Å². The Kier molecular flexibility index (Phi) is 4.58. The maximum absolute atomic E-state index is 10.4. The molecule has 0 bridgehead atoms. The van der Waals surface area contributed by atoms with E-state index in [0.717, 1.165) is 48.9 Å². The molecule has 1 aromatic carbocycles. The molecule has 4 heterocycles. The van der Waals surface area contributed by atoms with Crippen molar-refractivity contribution in [2.45, 2.75) is 19.4 Å². The molecule has 0 aliphatic heterocycles. The van der Waals surface area contributed by atoms with Crippen LogP contribution in [-0.2, 0) is 12.6 Å². The van der Waals surface area contributed by atoms with Crippen LogP contribution in [0.1, 0.15) is 18.3 Å². The summed E-state index contributed by atoms with van der Waals surface area (Å²) in [5.41, 5.74) is 4.32. The van der Waals surface area contributed by atoms with Crippen LogP contribution in [0, 0.1) is 6.92 Å². The number of benzene rings is 1. The molecular weight excluding hydrogens is 410 g/mol. The minimum Gasteiger partial charge on any atom is -0.393 e. The average molecular weight is 434 g/mol. The molecule has 0 amide bonds. The van der Waals surface area contributed by atoms with E-state index < -0.39 is 5.60 Å². The number of H-pyrrole nitrogens is 1. The van der Waals surface area contributed by atoms with Crippen molar-refractivity contribution in [2.75, 3.05) is 11.9 Å². The second-order valence-corrected chi connectivity index (χ2v) is 9.07. The van der Waals surface area contributed by atoms with Gasteiger partial charge in [-0.1, -0.05) is 0 Å². The Morgan fingerprint density at radius 3 is 2.84 bits per heavy atom. The highest BCUT2D eigenvalue weighted by molar-refractivity contribution is 7.22. The molecule has 158 valence electrons. The Labute approximate surface area is 183 Å². The number of pyridine rings is 1. The van der Waals surface area contributed by atoms with Crippen LogP contribution in [0.5, 0.6) is 0 Å². The molecule has 0 aliphatic carbocycles.